The van der Waals surface area contributed by atoms with Crippen LogP contribution < -0.4 is 4.72 Å². The van der Waals surface area contributed by atoms with Gasteiger partial charge in [0.15, 0.2) is 0 Å². The second kappa shape index (κ2) is 8.83. The molecular formula is C19H17NO4S. The number of rotatable bonds is 7. The lowest BCUT2D eigenvalue weighted by Gasteiger charge is -2.05. The first-order valence-corrected chi connectivity index (χ1v) is 8.93. The lowest BCUT2D eigenvalue weighted by Crippen LogP contribution is -2.23. The van der Waals surface area contributed by atoms with Crippen molar-refractivity contribution in [3.8, 4) is 12.3 Å². The van der Waals surface area contributed by atoms with Gasteiger partial charge in [-0.3, -0.25) is 0 Å². The Bertz CT molecular complexity index is 879. The van der Waals surface area contributed by atoms with Crippen LogP contribution >= 0.6 is 0 Å². The molecule has 0 aliphatic rings. The van der Waals surface area contributed by atoms with E-state index >= 15 is 0 Å². The minimum atomic E-state index is -3.67. The van der Waals surface area contributed by atoms with E-state index in [4.69, 9.17) is 11.2 Å². The Kier molecular flexibility index (Phi) is 6.52. The van der Waals surface area contributed by atoms with E-state index in [9.17, 15) is 13.2 Å². The van der Waals surface area contributed by atoms with Gasteiger partial charge in [0.05, 0.1) is 17.0 Å². The molecule has 0 heterocycles. The molecule has 0 fully saturated rings. The van der Waals surface area contributed by atoms with Crippen LogP contribution in [0.25, 0.3) is 6.08 Å². The van der Waals surface area contributed by atoms with Crippen molar-refractivity contribution < 1.29 is 17.9 Å². The predicted molar refractivity (Wildman–Crippen MR) is 96.2 cm³/mol. The Morgan fingerprint density at radius 3 is 2.44 bits per heavy atom. The third kappa shape index (κ3) is 5.60. The van der Waals surface area contributed by atoms with Crippen molar-refractivity contribution in [2.24, 2.45) is 0 Å². The topological polar surface area (TPSA) is 72.5 Å². The Labute approximate surface area is 147 Å². The highest BCUT2D eigenvalue weighted by molar-refractivity contribution is 7.89. The summed E-state index contributed by atoms with van der Waals surface area (Å²) in [6.07, 6.45) is 8.61. The van der Waals surface area contributed by atoms with Gasteiger partial charge in [0.25, 0.3) is 0 Å². The standard InChI is InChI=1S/C19H17NO4S/c1-2-14-20-25(22,23)18-12-10-17(11-13-18)19(21)24-15-6-9-16-7-4-3-5-8-16/h1,3-13,20H,14-15H2/b9-6+. The average Bonchev–Trinajstić information content (AvgIpc) is 2.64. The number of hydrogen-bond donors (Lipinski definition) is 1. The number of hydrogen-bond acceptors (Lipinski definition) is 4. The maximum atomic E-state index is 11.9. The van der Waals surface area contributed by atoms with Gasteiger partial charge in [-0.1, -0.05) is 42.3 Å². The maximum Gasteiger partial charge on any atom is 0.338 e. The largest absolute Gasteiger partial charge is 0.458 e. The molecule has 128 valence electrons. The van der Waals surface area contributed by atoms with E-state index in [1.807, 2.05) is 36.4 Å². The lowest BCUT2D eigenvalue weighted by atomic mass is 10.2. The van der Waals surface area contributed by atoms with Gasteiger partial charge in [0.2, 0.25) is 10.0 Å². The van der Waals surface area contributed by atoms with Crippen LogP contribution in [0.4, 0.5) is 0 Å². The Balaban J connectivity index is 1.92. The molecule has 0 aliphatic carbocycles. The van der Waals surface area contributed by atoms with E-state index in [1.165, 1.54) is 24.3 Å². The first-order chi connectivity index (χ1) is 12.0. The van der Waals surface area contributed by atoms with Crippen molar-refractivity contribution in [1.82, 2.24) is 4.72 Å². The number of esters is 1. The van der Waals surface area contributed by atoms with Crippen LogP contribution in [0.3, 0.4) is 0 Å². The zero-order valence-electron chi connectivity index (χ0n) is 13.4. The maximum absolute atomic E-state index is 11.9. The van der Waals surface area contributed by atoms with Gasteiger partial charge in [0, 0.05) is 0 Å². The van der Waals surface area contributed by atoms with E-state index in [-0.39, 0.29) is 23.6 Å². The summed E-state index contributed by atoms with van der Waals surface area (Å²) in [5, 5.41) is 0. The predicted octanol–water partition coefficient (Wildman–Crippen LogP) is 2.47. The zero-order valence-corrected chi connectivity index (χ0v) is 14.2. The molecule has 1 N–H and O–H groups in total. The first-order valence-electron chi connectivity index (χ1n) is 7.45. The summed E-state index contributed by atoms with van der Waals surface area (Å²) in [4.78, 5) is 12.0. The molecule has 0 aliphatic heterocycles. The molecule has 0 bridgehead atoms. The van der Waals surface area contributed by atoms with Crippen LogP contribution in [0, 0.1) is 12.3 Å². The highest BCUT2D eigenvalue weighted by atomic mass is 32.2. The number of terminal acetylenes is 1. The average molecular weight is 355 g/mol. The number of carbonyl (C=O) groups is 1. The number of ether oxygens (including phenoxy) is 1. The number of carbonyl (C=O) groups excluding carboxylic acids is 1. The summed E-state index contributed by atoms with van der Waals surface area (Å²) in [6.45, 7) is 0.0252. The van der Waals surface area contributed by atoms with Gasteiger partial charge < -0.3 is 4.74 Å². The monoisotopic (exact) mass is 355 g/mol. The second-order valence-electron chi connectivity index (χ2n) is 4.96. The highest BCUT2D eigenvalue weighted by Crippen LogP contribution is 2.11. The Morgan fingerprint density at radius 1 is 1.12 bits per heavy atom. The zero-order chi connectivity index (χ0) is 18.1. The normalized spacial score (nSPS) is 11.2. The molecule has 0 radical (unpaired) electrons. The van der Waals surface area contributed by atoms with Gasteiger partial charge in [-0.05, 0) is 35.9 Å². The van der Waals surface area contributed by atoms with Crippen molar-refractivity contribution in [2.75, 3.05) is 13.2 Å². The molecule has 2 aromatic carbocycles. The molecule has 0 spiro atoms. The van der Waals surface area contributed by atoms with E-state index in [2.05, 4.69) is 10.6 Å². The molecule has 25 heavy (non-hydrogen) atoms. The molecule has 0 saturated carbocycles. The molecule has 0 atom stereocenters. The summed E-state index contributed by atoms with van der Waals surface area (Å²) in [7, 11) is -3.67. The van der Waals surface area contributed by atoms with Gasteiger partial charge in [0.1, 0.15) is 6.61 Å². The van der Waals surface area contributed by atoms with Crippen molar-refractivity contribution in [1.29, 1.82) is 0 Å². The third-order valence-electron chi connectivity index (χ3n) is 3.19. The van der Waals surface area contributed by atoms with Crippen LogP contribution in [0.2, 0.25) is 0 Å². The van der Waals surface area contributed by atoms with E-state index in [1.54, 1.807) is 6.08 Å². The van der Waals surface area contributed by atoms with Crippen LogP contribution in [0.5, 0.6) is 0 Å². The van der Waals surface area contributed by atoms with Crippen molar-refractivity contribution in [2.45, 2.75) is 4.90 Å². The molecule has 0 amide bonds. The van der Waals surface area contributed by atoms with Crippen molar-refractivity contribution in [3.63, 3.8) is 0 Å². The fourth-order valence-electron chi connectivity index (χ4n) is 1.95. The summed E-state index contributed by atoms with van der Waals surface area (Å²) < 4.78 is 31.1. The third-order valence-corrected chi connectivity index (χ3v) is 4.60. The SMILES string of the molecule is C#CCNS(=O)(=O)c1ccc(C(=O)OC/C=C/c2ccccc2)cc1. The minimum absolute atomic E-state index is 0.0308. The number of nitrogens with one attached hydrogen (secondary N) is 1. The van der Waals surface area contributed by atoms with Crippen molar-refractivity contribution in [3.05, 3.63) is 71.8 Å². The fourth-order valence-corrected chi connectivity index (χ4v) is 2.88. The summed E-state index contributed by atoms with van der Waals surface area (Å²) in [5.74, 6) is 1.66. The molecule has 0 saturated heterocycles. The van der Waals surface area contributed by atoms with Gasteiger partial charge >= 0.3 is 5.97 Å². The molecular weight excluding hydrogens is 338 g/mol. The smallest absolute Gasteiger partial charge is 0.338 e. The minimum Gasteiger partial charge on any atom is -0.458 e. The Morgan fingerprint density at radius 2 is 1.80 bits per heavy atom. The van der Waals surface area contributed by atoms with Gasteiger partial charge in [-0.25, -0.2) is 13.2 Å². The Hall–Kier alpha value is -2.88. The lowest BCUT2D eigenvalue weighted by molar-refractivity contribution is 0.0550. The molecule has 0 aromatic heterocycles. The van der Waals surface area contributed by atoms with Gasteiger partial charge in [-0.2, -0.15) is 4.72 Å². The summed E-state index contributed by atoms with van der Waals surface area (Å²) in [6, 6.07) is 15.1. The van der Waals surface area contributed by atoms with Crippen LogP contribution in [0.15, 0.2) is 65.6 Å². The van der Waals surface area contributed by atoms with E-state index in [0.29, 0.717) is 0 Å². The van der Waals surface area contributed by atoms with Crippen LogP contribution in [-0.4, -0.2) is 27.5 Å². The van der Waals surface area contributed by atoms with Gasteiger partial charge in [-0.15, -0.1) is 6.42 Å². The second-order valence-corrected chi connectivity index (χ2v) is 6.73. The van der Waals surface area contributed by atoms with Crippen molar-refractivity contribution >= 4 is 22.1 Å². The summed E-state index contributed by atoms with van der Waals surface area (Å²) >= 11 is 0. The quantitative estimate of drug-likeness (QED) is 0.612. The summed E-state index contributed by atoms with van der Waals surface area (Å²) in [5.41, 5.74) is 1.27. The molecule has 0 unspecified atom stereocenters. The molecule has 2 aromatic rings. The first kappa shape index (κ1) is 18.5. The van der Waals surface area contributed by atoms with Crippen LogP contribution in [0.1, 0.15) is 15.9 Å². The highest BCUT2D eigenvalue weighted by Gasteiger charge is 2.14. The van der Waals surface area contributed by atoms with E-state index in [0.717, 1.165) is 5.56 Å². The van der Waals surface area contributed by atoms with Crippen LogP contribution in [-0.2, 0) is 14.8 Å². The molecule has 2 rings (SSSR count). The number of sulfonamides is 1. The molecule has 5 nitrogen and oxygen atoms in total. The number of benzene rings is 2. The fraction of sp³-hybridized carbons (Fsp3) is 0.105. The molecule has 6 heteroatoms. The van der Waals surface area contributed by atoms with E-state index < -0.39 is 16.0 Å².